The average Bonchev–Trinajstić information content (AvgIpc) is 2.37. The number of carboxylic acid groups (broad SMARTS) is 1. The summed E-state index contributed by atoms with van der Waals surface area (Å²) in [6.45, 7) is 3.19. The molecule has 1 aromatic carbocycles. The lowest BCUT2D eigenvalue weighted by Gasteiger charge is -2.30. The lowest BCUT2D eigenvalue weighted by atomic mass is 10.1. The molecule has 0 aromatic heterocycles. The number of nitrogens with zero attached hydrogens (tertiary/aromatic N) is 1. The summed E-state index contributed by atoms with van der Waals surface area (Å²) in [5.41, 5.74) is 6.73. The van der Waals surface area contributed by atoms with E-state index in [-0.39, 0.29) is 17.4 Å². The quantitative estimate of drug-likeness (QED) is 0.695. The SMILES string of the molecule is CN1CCOC(CNc2ccc(N)c(C(=O)O)c2)C1. The lowest BCUT2D eigenvalue weighted by molar-refractivity contribution is -0.0117. The average molecular weight is 265 g/mol. The van der Waals surface area contributed by atoms with E-state index in [1.54, 1.807) is 18.2 Å². The largest absolute Gasteiger partial charge is 0.478 e. The van der Waals surface area contributed by atoms with Gasteiger partial charge in [-0.2, -0.15) is 0 Å². The Hall–Kier alpha value is -1.79. The van der Waals surface area contributed by atoms with Crippen LogP contribution in [0, 0.1) is 0 Å². The molecule has 4 N–H and O–H groups in total. The maximum Gasteiger partial charge on any atom is 0.337 e. The van der Waals surface area contributed by atoms with Crippen LogP contribution in [0.1, 0.15) is 10.4 Å². The number of hydrogen-bond donors (Lipinski definition) is 3. The minimum Gasteiger partial charge on any atom is -0.478 e. The number of anilines is 2. The van der Waals surface area contributed by atoms with Gasteiger partial charge in [-0.3, -0.25) is 0 Å². The zero-order valence-electron chi connectivity index (χ0n) is 10.9. The van der Waals surface area contributed by atoms with Gasteiger partial charge in [0.05, 0.1) is 18.3 Å². The molecule has 1 unspecified atom stereocenters. The van der Waals surface area contributed by atoms with E-state index in [2.05, 4.69) is 17.3 Å². The van der Waals surface area contributed by atoms with Crippen molar-refractivity contribution >= 4 is 17.3 Å². The van der Waals surface area contributed by atoms with Crippen molar-refractivity contribution in [2.24, 2.45) is 0 Å². The van der Waals surface area contributed by atoms with Crippen molar-refractivity contribution in [2.45, 2.75) is 6.10 Å². The monoisotopic (exact) mass is 265 g/mol. The molecular weight excluding hydrogens is 246 g/mol. The maximum absolute atomic E-state index is 11.0. The molecule has 1 atom stereocenters. The number of benzene rings is 1. The predicted octanol–water partition coefficient (Wildman–Crippen LogP) is 0.709. The zero-order chi connectivity index (χ0) is 13.8. The third kappa shape index (κ3) is 3.59. The van der Waals surface area contributed by atoms with Gasteiger partial charge >= 0.3 is 5.97 Å². The highest BCUT2D eigenvalue weighted by atomic mass is 16.5. The summed E-state index contributed by atoms with van der Waals surface area (Å²) in [4.78, 5) is 13.2. The highest BCUT2D eigenvalue weighted by Crippen LogP contribution is 2.18. The van der Waals surface area contributed by atoms with Gasteiger partial charge < -0.3 is 25.8 Å². The van der Waals surface area contributed by atoms with Crippen LogP contribution in [-0.2, 0) is 4.74 Å². The van der Waals surface area contributed by atoms with Crippen molar-refractivity contribution in [3.63, 3.8) is 0 Å². The van der Waals surface area contributed by atoms with E-state index in [0.29, 0.717) is 6.54 Å². The number of aromatic carboxylic acids is 1. The second-order valence-electron chi connectivity index (χ2n) is 4.74. The Balaban J connectivity index is 1.96. The van der Waals surface area contributed by atoms with E-state index < -0.39 is 5.97 Å². The Labute approximate surface area is 112 Å². The summed E-state index contributed by atoms with van der Waals surface area (Å²) >= 11 is 0. The highest BCUT2D eigenvalue weighted by molar-refractivity contribution is 5.94. The number of carboxylic acids is 1. The molecule has 1 aliphatic heterocycles. The first-order valence-corrected chi connectivity index (χ1v) is 6.23. The van der Waals surface area contributed by atoms with Crippen LogP contribution in [0.4, 0.5) is 11.4 Å². The molecule has 0 spiro atoms. The van der Waals surface area contributed by atoms with E-state index >= 15 is 0 Å². The fourth-order valence-electron chi connectivity index (χ4n) is 2.07. The number of rotatable bonds is 4. The molecular formula is C13H19N3O3. The van der Waals surface area contributed by atoms with Gasteiger partial charge in [-0.1, -0.05) is 0 Å². The van der Waals surface area contributed by atoms with Gasteiger partial charge in [-0.05, 0) is 25.2 Å². The fourth-order valence-corrected chi connectivity index (χ4v) is 2.07. The Morgan fingerprint density at radius 1 is 1.63 bits per heavy atom. The number of ether oxygens (including phenoxy) is 1. The second-order valence-corrected chi connectivity index (χ2v) is 4.74. The van der Waals surface area contributed by atoms with Gasteiger partial charge in [0.25, 0.3) is 0 Å². The van der Waals surface area contributed by atoms with E-state index in [1.165, 1.54) is 0 Å². The molecule has 6 heteroatoms. The van der Waals surface area contributed by atoms with Crippen LogP contribution >= 0.6 is 0 Å². The minimum absolute atomic E-state index is 0.115. The Kier molecular flexibility index (Phi) is 4.24. The van der Waals surface area contributed by atoms with Crippen molar-refractivity contribution < 1.29 is 14.6 Å². The van der Waals surface area contributed by atoms with Crippen LogP contribution in [-0.4, -0.2) is 55.4 Å². The number of likely N-dealkylation sites (N-methyl/N-ethyl adjacent to an activating group) is 1. The molecule has 0 aliphatic carbocycles. The van der Waals surface area contributed by atoms with Gasteiger partial charge in [-0.15, -0.1) is 0 Å². The molecule has 2 rings (SSSR count). The van der Waals surface area contributed by atoms with E-state index in [4.69, 9.17) is 15.6 Å². The standard InChI is InChI=1S/C13H19N3O3/c1-16-4-5-19-10(8-16)7-15-9-2-3-12(14)11(6-9)13(17)18/h2-3,6,10,15H,4-5,7-8,14H2,1H3,(H,17,18). The fraction of sp³-hybridized carbons (Fsp3) is 0.462. The van der Waals surface area contributed by atoms with Crippen LogP contribution in [0.3, 0.4) is 0 Å². The molecule has 6 nitrogen and oxygen atoms in total. The van der Waals surface area contributed by atoms with Crippen molar-refractivity contribution in [1.82, 2.24) is 4.90 Å². The van der Waals surface area contributed by atoms with Crippen LogP contribution in [0.25, 0.3) is 0 Å². The van der Waals surface area contributed by atoms with Gasteiger partial charge in [-0.25, -0.2) is 4.79 Å². The molecule has 0 saturated carbocycles. The van der Waals surface area contributed by atoms with Crippen molar-refractivity contribution in [3.8, 4) is 0 Å². The summed E-state index contributed by atoms with van der Waals surface area (Å²) in [6.07, 6.45) is 0.115. The first-order chi connectivity index (χ1) is 9.06. The molecule has 0 radical (unpaired) electrons. The van der Waals surface area contributed by atoms with Gasteiger partial charge in [0.1, 0.15) is 0 Å². The number of nitrogens with two attached hydrogens (primary N) is 1. The van der Waals surface area contributed by atoms with Gasteiger partial charge in [0.2, 0.25) is 0 Å². The molecule has 1 fully saturated rings. The van der Waals surface area contributed by atoms with Crippen LogP contribution < -0.4 is 11.1 Å². The molecule has 1 aliphatic rings. The number of morpholine rings is 1. The molecule has 1 heterocycles. The van der Waals surface area contributed by atoms with E-state index in [0.717, 1.165) is 25.4 Å². The third-order valence-electron chi connectivity index (χ3n) is 3.16. The van der Waals surface area contributed by atoms with E-state index in [9.17, 15) is 4.79 Å². The van der Waals surface area contributed by atoms with Gasteiger partial charge in [0.15, 0.2) is 0 Å². The topological polar surface area (TPSA) is 87.8 Å². The number of nitrogen functional groups attached to an aromatic ring is 1. The second kappa shape index (κ2) is 5.90. The van der Waals surface area contributed by atoms with Crippen LogP contribution in [0.15, 0.2) is 18.2 Å². The van der Waals surface area contributed by atoms with Crippen LogP contribution in [0.5, 0.6) is 0 Å². The number of hydrogen-bond acceptors (Lipinski definition) is 5. The lowest BCUT2D eigenvalue weighted by Crippen LogP contribution is -2.43. The Morgan fingerprint density at radius 3 is 3.11 bits per heavy atom. The number of carbonyl (C=O) groups is 1. The van der Waals surface area contributed by atoms with E-state index in [1.807, 2.05) is 0 Å². The first-order valence-electron chi connectivity index (χ1n) is 6.23. The normalized spacial score (nSPS) is 20.2. The summed E-state index contributed by atoms with van der Waals surface area (Å²) in [6, 6.07) is 4.91. The van der Waals surface area contributed by atoms with Crippen molar-refractivity contribution in [1.29, 1.82) is 0 Å². The predicted molar refractivity (Wildman–Crippen MR) is 73.5 cm³/mol. The molecule has 104 valence electrons. The van der Waals surface area contributed by atoms with Crippen LogP contribution in [0.2, 0.25) is 0 Å². The smallest absolute Gasteiger partial charge is 0.337 e. The highest BCUT2D eigenvalue weighted by Gasteiger charge is 2.17. The van der Waals surface area contributed by atoms with Crippen molar-refractivity contribution in [3.05, 3.63) is 23.8 Å². The maximum atomic E-state index is 11.0. The molecule has 19 heavy (non-hydrogen) atoms. The molecule has 1 saturated heterocycles. The third-order valence-corrected chi connectivity index (χ3v) is 3.16. The summed E-state index contributed by atoms with van der Waals surface area (Å²) in [5, 5.41) is 12.2. The van der Waals surface area contributed by atoms with Crippen molar-refractivity contribution in [2.75, 3.05) is 44.3 Å². The Bertz CT molecular complexity index is 464. The minimum atomic E-state index is -1.02. The number of nitrogens with one attached hydrogen (secondary N) is 1. The zero-order valence-corrected chi connectivity index (χ0v) is 10.9. The Morgan fingerprint density at radius 2 is 2.42 bits per heavy atom. The van der Waals surface area contributed by atoms with Gasteiger partial charge in [0, 0.05) is 31.0 Å². The molecule has 1 aromatic rings. The molecule has 0 amide bonds. The first kappa shape index (κ1) is 13.6. The summed E-state index contributed by atoms with van der Waals surface area (Å²) in [7, 11) is 2.06. The summed E-state index contributed by atoms with van der Waals surface area (Å²) < 4.78 is 5.63. The molecule has 0 bridgehead atoms. The summed E-state index contributed by atoms with van der Waals surface area (Å²) in [5.74, 6) is -1.02.